The summed E-state index contributed by atoms with van der Waals surface area (Å²) in [7, 11) is 3.14. The maximum atomic E-state index is 12.2. The van der Waals surface area contributed by atoms with Crippen molar-refractivity contribution in [3.05, 3.63) is 53.1 Å². The zero-order valence-corrected chi connectivity index (χ0v) is 14.8. The highest BCUT2D eigenvalue weighted by Crippen LogP contribution is 2.28. The van der Waals surface area contributed by atoms with Gasteiger partial charge in [-0.3, -0.25) is 4.79 Å². The highest BCUT2D eigenvalue weighted by Gasteiger charge is 2.13. The van der Waals surface area contributed by atoms with Gasteiger partial charge >= 0.3 is 0 Å². The van der Waals surface area contributed by atoms with Crippen LogP contribution >= 0.6 is 11.6 Å². The quantitative estimate of drug-likeness (QED) is 0.807. The number of ether oxygens (including phenoxy) is 2. The number of rotatable bonds is 7. The summed E-state index contributed by atoms with van der Waals surface area (Å²) in [6, 6.07) is 13.1. The predicted molar refractivity (Wildman–Crippen MR) is 94.8 cm³/mol. The van der Waals surface area contributed by atoms with E-state index in [0.29, 0.717) is 28.8 Å². The SMILES string of the molecule is COc1ccc(NC(=O)C[NH2+][C@H](C)c2ccc(Cl)cc2)c(OC)c1. The third-order valence-corrected chi connectivity index (χ3v) is 3.99. The molecule has 6 heteroatoms. The Morgan fingerprint density at radius 3 is 2.50 bits per heavy atom. The van der Waals surface area contributed by atoms with Gasteiger partial charge in [-0.25, -0.2) is 0 Å². The van der Waals surface area contributed by atoms with E-state index in [4.69, 9.17) is 21.1 Å². The van der Waals surface area contributed by atoms with Crippen LogP contribution in [0.25, 0.3) is 0 Å². The van der Waals surface area contributed by atoms with Crippen LogP contribution in [0, 0.1) is 0 Å². The third-order valence-electron chi connectivity index (χ3n) is 3.74. The Morgan fingerprint density at radius 2 is 1.88 bits per heavy atom. The minimum Gasteiger partial charge on any atom is -0.497 e. The van der Waals surface area contributed by atoms with E-state index in [-0.39, 0.29) is 11.9 Å². The number of methoxy groups -OCH3 is 2. The number of hydrogen-bond donors (Lipinski definition) is 2. The lowest BCUT2D eigenvalue weighted by Crippen LogP contribution is -2.86. The molecule has 0 radical (unpaired) electrons. The molecule has 0 saturated carbocycles. The summed E-state index contributed by atoms with van der Waals surface area (Å²) in [5.74, 6) is 1.14. The molecule has 2 aromatic carbocycles. The summed E-state index contributed by atoms with van der Waals surface area (Å²) in [6.45, 7) is 2.35. The van der Waals surface area contributed by atoms with E-state index in [0.717, 1.165) is 5.56 Å². The summed E-state index contributed by atoms with van der Waals surface area (Å²) in [5.41, 5.74) is 1.74. The molecule has 2 aromatic rings. The molecule has 24 heavy (non-hydrogen) atoms. The number of amides is 1. The first-order valence-corrected chi connectivity index (χ1v) is 8.02. The Bertz CT molecular complexity index is 689. The van der Waals surface area contributed by atoms with E-state index >= 15 is 0 Å². The Balaban J connectivity index is 1.92. The summed E-state index contributed by atoms with van der Waals surface area (Å²) in [6.07, 6.45) is 0. The van der Waals surface area contributed by atoms with Gasteiger partial charge in [-0.15, -0.1) is 0 Å². The molecule has 2 rings (SSSR count). The smallest absolute Gasteiger partial charge is 0.279 e. The topological polar surface area (TPSA) is 64.2 Å². The van der Waals surface area contributed by atoms with Crippen molar-refractivity contribution in [2.24, 2.45) is 0 Å². The van der Waals surface area contributed by atoms with E-state index in [1.54, 1.807) is 32.4 Å². The molecule has 0 heterocycles. The van der Waals surface area contributed by atoms with Crippen LogP contribution in [0.2, 0.25) is 5.02 Å². The number of benzene rings is 2. The van der Waals surface area contributed by atoms with Gasteiger partial charge in [0.25, 0.3) is 5.91 Å². The van der Waals surface area contributed by atoms with Crippen molar-refractivity contribution in [1.29, 1.82) is 0 Å². The van der Waals surface area contributed by atoms with E-state index < -0.39 is 0 Å². The van der Waals surface area contributed by atoms with Crippen molar-refractivity contribution in [2.45, 2.75) is 13.0 Å². The van der Waals surface area contributed by atoms with Gasteiger partial charge in [0.05, 0.1) is 19.9 Å². The molecule has 128 valence electrons. The molecule has 3 N–H and O–H groups in total. The van der Waals surface area contributed by atoms with Gasteiger partial charge in [0.1, 0.15) is 17.5 Å². The van der Waals surface area contributed by atoms with Gasteiger partial charge in [-0.05, 0) is 31.2 Å². The molecule has 0 spiro atoms. The molecule has 5 nitrogen and oxygen atoms in total. The van der Waals surface area contributed by atoms with Crippen molar-refractivity contribution in [2.75, 3.05) is 26.1 Å². The van der Waals surface area contributed by atoms with E-state index in [1.807, 2.05) is 36.5 Å². The van der Waals surface area contributed by atoms with E-state index in [9.17, 15) is 4.79 Å². The zero-order chi connectivity index (χ0) is 17.5. The molecular weight excluding hydrogens is 328 g/mol. The molecule has 0 saturated heterocycles. The van der Waals surface area contributed by atoms with Crippen LogP contribution in [-0.2, 0) is 4.79 Å². The number of quaternary nitrogens is 1. The average molecular weight is 350 g/mol. The molecule has 1 amide bonds. The predicted octanol–water partition coefficient (Wildman–Crippen LogP) is 2.62. The monoisotopic (exact) mass is 349 g/mol. The van der Waals surface area contributed by atoms with Crippen molar-refractivity contribution < 1.29 is 19.6 Å². The molecule has 0 aliphatic heterocycles. The minimum absolute atomic E-state index is 0.0979. The first-order valence-electron chi connectivity index (χ1n) is 7.64. The van der Waals surface area contributed by atoms with Gasteiger partial charge in [0, 0.05) is 16.7 Å². The number of nitrogens with one attached hydrogen (secondary N) is 1. The van der Waals surface area contributed by atoms with Gasteiger partial charge in [0.2, 0.25) is 0 Å². The number of nitrogens with two attached hydrogens (primary N) is 1. The van der Waals surface area contributed by atoms with E-state index in [2.05, 4.69) is 5.32 Å². The van der Waals surface area contributed by atoms with Crippen LogP contribution in [0.3, 0.4) is 0 Å². The van der Waals surface area contributed by atoms with Crippen LogP contribution in [0.5, 0.6) is 11.5 Å². The first-order chi connectivity index (χ1) is 11.5. The van der Waals surface area contributed by atoms with Crippen LogP contribution in [0.1, 0.15) is 18.5 Å². The highest BCUT2D eigenvalue weighted by molar-refractivity contribution is 6.30. The van der Waals surface area contributed by atoms with Crippen molar-refractivity contribution in [1.82, 2.24) is 0 Å². The number of anilines is 1. The third kappa shape index (κ3) is 4.88. The van der Waals surface area contributed by atoms with Gasteiger partial charge in [-0.2, -0.15) is 0 Å². The Kier molecular flexibility index (Phi) is 6.46. The highest BCUT2D eigenvalue weighted by atomic mass is 35.5. The number of carbonyl (C=O) groups is 1. The van der Waals surface area contributed by atoms with Gasteiger partial charge < -0.3 is 20.1 Å². The summed E-state index contributed by atoms with van der Waals surface area (Å²) >= 11 is 5.89. The van der Waals surface area contributed by atoms with Crippen LogP contribution in [0.15, 0.2) is 42.5 Å². The second-order valence-corrected chi connectivity index (χ2v) is 5.83. The molecule has 0 aliphatic carbocycles. The van der Waals surface area contributed by atoms with Crippen LogP contribution in [-0.4, -0.2) is 26.7 Å². The zero-order valence-electron chi connectivity index (χ0n) is 14.0. The minimum atomic E-state index is -0.0979. The molecule has 0 bridgehead atoms. The maximum absolute atomic E-state index is 12.2. The number of carbonyl (C=O) groups excluding carboxylic acids is 1. The lowest BCUT2D eigenvalue weighted by molar-refractivity contribution is -0.682. The lowest BCUT2D eigenvalue weighted by atomic mass is 10.1. The van der Waals surface area contributed by atoms with Gasteiger partial charge in [0.15, 0.2) is 6.54 Å². The number of hydrogen-bond acceptors (Lipinski definition) is 3. The Hall–Kier alpha value is -2.24. The average Bonchev–Trinajstić information content (AvgIpc) is 2.60. The van der Waals surface area contributed by atoms with Crippen molar-refractivity contribution >= 4 is 23.2 Å². The molecule has 0 unspecified atom stereocenters. The Morgan fingerprint density at radius 1 is 1.17 bits per heavy atom. The summed E-state index contributed by atoms with van der Waals surface area (Å²) in [5, 5.41) is 5.53. The largest absolute Gasteiger partial charge is 0.497 e. The van der Waals surface area contributed by atoms with E-state index in [1.165, 1.54) is 0 Å². The fraction of sp³-hybridized carbons (Fsp3) is 0.278. The fourth-order valence-corrected chi connectivity index (χ4v) is 2.42. The second-order valence-electron chi connectivity index (χ2n) is 5.39. The molecule has 0 aliphatic rings. The van der Waals surface area contributed by atoms with Crippen molar-refractivity contribution in [3.63, 3.8) is 0 Å². The first kappa shape index (κ1) is 18.1. The van der Waals surface area contributed by atoms with Crippen molar-refractivity contribution in [3.8, 4) is 11.5 Å². The maximum Gasteiger partial charge on any atom is 0.279 e. The fourth-order valence-electron chi connectivity index (χ4n) is 2.29. The molecular formula is C18H22ClN2O3+. The van der Waals surface area contributed by atoms with Crippen LogP contribution < -0.4 is 20.1 Å². The molecule has 0 aromatic heterocycles. The van der Waals surface area contributed by atoms with Gasteiger partial charge in [-0.1, -0.05) is 23.7 Å². The second kappa shape index (κ2) is 8.57. The summed E-state index contributed by atoms with van der Waals surface area (Å²) < 4.78 is 10.4. The molecule has 0 fully saturated rings. The number of halogens is 1. The molecule has 1 atom stereocenters. The summed E-state index contributed by atoms with van der Waals surface area (Å²) in [4.78, 5) is 12.2. The Labute approximate surface area is 146 Å². The standard InChI is InChI=1S/C18H21ClN2O3/c1-12(13-4-6-14(19)7-5-13)20-11-18(22)21-16-9-8-15(23-2)10-17(16)24-3/h4-10,12,20H,11H2,1-3H3,(H,21,22)/p+1/t12-/m1/s1. The lowest BCUT2D eigenvalue weighted by Gasteiger charge is -2.13. The van der Waals surface area contributed by atoms with Crippen LogP contribution in [0.4, 0.5) is 5.69 Å². The normalized spacial score (nSPS) is 11.7.